The zero-order chi connectivity index (χ0) is 15.0. The second kappa shape index (κ2) is 5.55. The van der Waals surface area contributed by atoms with Gasteiger partial charge in [-0.2, -0.15) is 0 Å². The predicted molar refractivity (Wildman–Crippen MR) is 81.9 cm³/mol. The van der Waals surface area contributed by atoms with Crippen LogP contribution in [0, 0.1) is 13.8 Å². The summed E-state index contributed by atoms with van der Waals surface area (Å²) in [5.74, 6) is 0.645. The van der Waals surface area contributed by atoms with Crippen molar-refractivity contribution in [3.63, 3.8) is 0 Å². The third-order valence-corrected chi connectivity index (χ3v) is 6.90. The second-order valence-electron chi connectivity index (χ2n) is 5.48. The Bertz CT molecular complexity index is 740. The molecule has 0 atom stereocenters. The van der Waals surface area contributed by atoms with Crippen LogP contribution in [0.5, 0.6) is 0 Å². The minimum atomic E-state index is -3.43. The SMILES string of the molecule is Cc1noc(-c2csc(S(=O)(=O)NC3CCCC3)c2)c1C. The van der Waals surface area contributed by atoms with E-state index in [0.29, 0.717) is 9.97 Å². The van der Waals surface area contributed by atoms with Crippen molar-refractivity contribution in [2.24, 2.45) is 0 Å². The number of nitrogens with one attached hydrogen (secondary N) is 1. The van der Waals surface area contributed by atoms with Gasteiger partial charge in [0.15, 0.2) is 5.76 Å². The molecule has 0 saturated heterocycles. The highest BCUT2D eigenvalue weighted by atomic mass is 32.2. The topological polar surface area (TPSA) is 72.2 Å². The lowest BCUT2D eigenvalue weighted by Gasteiger charge is -2.10. The van der Waals surface area contributed by atoms with Gasteiger partial charge in [0.25, 0.3) is 0 Å². The van der Waals surface area contributed by atoms with Gasteiger partial charge in [-0.25, -0.2) is 13.1 Å². The highest BCUT2D eigenvalue weighted by Crippen LogP contribution is 2.32. The Morgan fingerprint density at radius 2 is 2.05 bits per heavy atom. The summed E-state index contributed by atoms with van der Waals surface area (Å²) < 4.78 is 33.2. The number of hydrogen-bond acceptors (Lipinski definition) is 5. The van der Waals surface area contributed by atoms with Crippen LogP contribution in [0.15, 0.2) is 20.2 Å². The van der Waals surface area contributed by atoms with Gasteiger partial charge in [0.1, 0.15) is 4.21 Å². The van der Waals surface area contributed by atoms with E-state index < -0.39 is 10.0 Å². The normalized spacial score (nSPS) is 16.7. The molecule has 114 valence electrons. The molecule has 1 aliphatic rings. The van der Waals surface area contributed by atoms with Crippen molar-refractivity contribution >= 4 is 21.4 Å². The van der Waals surface area contributed by atoms with E-state index in [4.69, 9.17) is 4.52 Å². The first-order valence-electron chi connectivity index (χ1n) is 7.01. The second-order valence-corrected chi connectivity index (χ2v) is 8.33. The molecule has 2 aromatic rings. The molecule has 1 saturated carbocycles. The van der Waals surface area contributed by atoms with Crippen molar-refractivity contribution in [2.45, 2.75) is 49.8 Å². The number of nitrogens with zero attached hydrogens (tertiary/aromatic N) is 1. The molecule has 0 amide bonds. The maximum absolute atomic E-state index is 12.4. The van der Waals surface area contributed by atoms with Crippen LogP contribution in [0.4, 0.5) is 0 Å². The number of aryl methyl sites for hydroxylation is 1. The molecule has 0 spiro atoms. The molecule has 2 heterocycles. The van der Waals surface area contributed by atoms with Crippen molar-refractivity contribution in [3.8, 4) is 11.3 Å². The summed E-state index contributed by atoms with van der Waals surface area (Å²) in [6.45, 7) is 3.79. The average Bonchev–Trinajstić information content (AvgIpc) is 3.13. The van der Waals surface area contributed by atoms with Gasteiger partial charge in [0, 0.05) is 22.5 Å². The molecule has 0 bridgehead atoms. The summed E-state index contributed by atoms with van der Waals surface area (Å²) in [5, 5.41) is 5.71. The fraction of sp³-hybridized carbons (Fsp3) is 0.500. The molecule has 5 nitrogen and oxygen atoms in total. The van der Waals surface area contributed by atoms with E-state index in [1.807, 2.05) is 13.8 Å². The first-order chi connectivity index (χ1) is 9.97. The molecule has 0 radical (unpaired) electrons. The highest BCUT2D eigenvalue weighted by molar-refractivity contribution is 7.91. The van der Waals surface area contributed by atoms with Crippen molar-refractivity contribution < 1.29 is 12.9 Å². The van der Waals surface area contributed by atoms with Crippen molar-refractivity contribution in [2.75, 3.05) is 0 Å². The number of rotatable bonds is 4. The number of aromatic nitrogens is 1. The summed E-state index contributed by atoms with van der Waals surface area (Å²) in [6, 6.07) is 1.74. The van der Waals surface area contributed by atoms with Crippen molar-refractivity contribution in [1.82, 2.24) is 9.88 Å². The Kier molecular flexibility index (Phi) is 3.90. The average molecular weight is 326 g/mol. The van der Waals surface area contributed by atoms with Gasteiger partial charge in [-0.3, -0.25) is 0 Å². The molecule has 1 fully saturated rings. The van der Waals surface area contributed by atoms with E-state index in [0.717, 1.165) is 42.5 Å². The Morgan fingerprint density at radius 1 is 1.33 bits per heavy atom. The molecule has 3 rings (SSSR count). The van der Waals surface area contributed by atoms with Gasteiger partial charge in [-0.05, 0) is 32.8 Å². The van der Waals surface area contributed by atoms with Crippen LogP contribution < -0.4 is 4.72 Å². The van der Waals surface area contributed by atoms with Gasteiger partial charge in [-0.15, -0.1) is 11.3 Å². The van der Waals surface area contributed by atoms with Crippen molar-refractivity contribution in [1.29, 1.82) is 0 Å². The molecule has 0 unspecified atom stereocenters. The third kappa shape index (κ3) is 2.90. The van der Waals surface area contributed by atoms with Gasteiger partial charge >= 0.3 is 0 Å². The lowest BCUT2D eigenvalue weighted by molar-refractivity contribution is 0.427. The highest BCUT2D eigenvalue weighted by Gasteiger charge is 2.25. The Morgan fingerprint density at radius 3 is 2.67 bits per heavy atom. The minimum Gasteiger partial charge on any atom is -0.356 e. The monoisotopic (exact) mass is 326 g/mol. The smallest absolute Gasteiger partial charge is 0.250 e. The summed E-state index contributed by atoms with van der Waals surface area (Å²) in [7, 11) is -3.43. The van der Waals surface area contributed by atoms with Gasteiger partial charge in [0.2, 0.25) is 10.0 Å². The maximum atomic E-state index is 12.4. The Labute approximate surface area is 128 Å². The van der Waals surface area contributed by atoms with Crippen LogP contribution >= 0.6 is 11.3 Å². The predicted octanol–water partition coefficient (Wildman–Crippen LogP) is 3.24. The third-order valence-electron chi connectivity index (χ3n) is 3.94. The fourth-order valence-corrected chi connectivity index (χ4v) is 5.06. The standard InChI is InChI=1S/C14H18N2O3S2/c1-9-10(2)15-19-14(9)11-7-13(20-8-11)21(17,18)16-12-5-3-4-6-12/h7-8,12,16H,3-6H2,1-2H3. The molecule has 0 aliphatic heterocycles. The first kappa shape index (κ1) is 14.7. The quantitative estimate of drug-likeness (QED) is 0.936. The summed E-state index contributed by atoms with van der Waals surface area (Å²) >= 11 is 1.21. The molecular formula is C14H18N2O3S2. The van der Waals surface area contributed by atoms with E-state index in [2.05, 4.69) is 9.88 Å². The van der Waals surface area contributed by atoms with Gasteiger partial charge < -0.3 is 4.52 Å². The van der Waals surface area contributed by atoms with Crippen molar-refractivity contribution in [3.05, 3.63) is 22.7 Å². The Hall–Kier alpha value is -1.18. The van der Waals surface area contributed by atoms with Crippen LogP contribution in [-0.2, 0) is 10.0 Å². The maximum Gasteiger partial charge on any atom is 0.250 e. The van der Waals surface area contributed by atoms with Gasteiger partial charge in [0.05, 0.1) is 5.69 Å². The van der Waals surface area contributed by atoms with Crippen LogP contribution in [0.3, 0.4) is 0 Å². The zero-order valence-electron chi connectivity index (χ0n) is 12.0. The summed E-state index contributed by atoms with van der Waals surface area (Å²) in [5.41, 5.74) is 2.54. The fourth-order valence-electron chi connectivity index (χ4n) is 2.58. The zero-order valence-corrected chi connectivity index (χ0v) is 13.7. The lowest BCUT2D eigenvalue weighted by atomic mass is 10.1. The van der Waals surface area contributed by atoms with Crippen LogP contribution in [0.2, 0.25) is 0 Å². The van der Waals surface area contributed by atoms with Crippen LogP contribution in [0.1, 0.15) is 36.9 Å². The lowest BCUT2D eigenvalue weighted by Crippen LogP contribution is -2.32. The molecule has 2 aromatic heterocycles. The van der Waals surface area contributed by atoms with Crippen LogP contribution in [-0.4, -0.2) is 19.6 Å². The van der Waals surface area contributed by atoms with Crippen LogP contribution in [0.25, 0.3) is 11.3 Å². The molecule has 1 aliphatic carbocycles. The van der Waals surface area contributed by atoms with E-state index in [9.17, 15) is 8.42 Å². The number of hydrogen-bond donors (Lipinski definition) is 1. The summed E-state index contributed by atoms with van der Waals surface area (Å²) in [6.07, 6.45) is 4.05. The van der Waals surface area contributed by atoms with Gasteiger partial charge in [-0.1, -0.05) is 18.0 Å². The summed E-state index contributed by atoms with van der Waals surface area (Å²) in [4.78, 5) is 0. The molecule has 1 N–H and O–H groups in total. The molecule has 0 aromatic carbocycles. The molecular weight excluding hydrogens is 308 g/mol. The number of thiophene rings is 1. The van der Waals surface area contributed by atoms with E-state index >= 15 is 0 Å². The first-order valence-corrected chi connectivity index (χ1v) is 9.38. The Balaban J connectivity index is 1.85. The van der Waals surface area contributed by atoms with E-state index in [1.54, 1.807) is 11.4 Å². The molecule has 21 heavy (non-hydrogen) atoms. The van der Waals surface area contributed by atoms with E-state index in [-0.39, 0.29) is 6.04 Å². The molecule has 7 heteroatoms. The largest absolute Gasteiger partial charge is 0.356 e. The minimum absolute atomic E-state index is 0.0785. The number of sulfonamides is 1. The van der Waals surface area contributed by atoms with E-state index in [1.165, 1.54) is 11.3 Å².